The summed E-state index contributed by atoms with van der Waals surface area (Å²) in [5, 5.41) is 0. The van der Waals surface area contributed by atoms with E-state index in [4.69, 9.17) is 5.73 Å². The van der Waals surface area contributed by atoms with E-state index in [1.54, 1.807) is 0 Å². The first-order valence-electron chi connectivity index (χ1n) is 6.49. The summed E-state index contributed by atoms with van der Waals surface area (Å²) in [6, 6.07) is 4.46. The van der Waals surface area contributed by atoms with Gasteiger partial charge in [-0.2, -0.15) is 0 Å². The van der Waals surface area contributed by atoms with Gasteiger partial charge in [0, 0.05) is 24.7 Å². The molecule has 1 aliphatic heterocycles. The van der Waals surface area contributed by atoms with Crippen molar-refractivity contribution in [3.05, 3.63) is 34.1 Å². The summed E-state index contributed by atoms with van der Waals surface area (Å²) in [6.45, 7) is 3.41. The molecule has 19 heavy (non-hydrogen) atoms. The highest BCUT2D eigenvalue weighted by molar-refractivity contribution is 9.10. The number of rotatable bonds is 2. The van der Waals surface area contributed by atoms with Gasteiger partial charge in [-0.15, -0.1) is 0 Å². The van der Waals surface area contributed by atoms with Gasteiger partial charge in [0.2, 0.25) is 0 Å². The minimum atomic E-state index is -0.358. The van der Waals surface area contributed by atoms with Crippen LogP contribution in [0.3, 0.4) is 0 Å². The molecule has 2 atom stereocenters. The highest BCUT2D eigenvalue weighted by Gasteiger charge is 2.26. The van der Waals surface area contributed by atoms with Crippen LogP contribution in [0.15, 0.2) is 22.7 Å². The van der Waals surface area contributed by atoms with Crippen molar-refractivity contribution in [3.8, 4) is 0 Å². The van der Waals surface area contributed by atoms with E-state index in [2.05, 4.69) is 15.9 Å². The molecule has 2 N–H and O–H groups in total. The largest absolute Gasteiger partial charge is 0.338 e. The molecule has 1 heterocycles. The van der Waals surface area contributed by atoms with Crippen LogP contribution in [0.25, 0.3) is 0 Å². The summed E-state index contributed by atoms with van der Waals surface area (Å²) in [5.74, 6) is -0.0590. The second-order valence-electron chi connectivity index (χ2n) is 5.14. The van der Waals surface area contributed by atoms with Crippen LogP contribution in [0.2, 0.25) is 0 Å². The third kappa shape index (κ3) is 3.34. The van der Waals surface area contributed by atoms with E-state index in [9.17, 15) is 9.18 Å². The molecule has 0 unspecified atom stereocenters. The van der Waals surface area contributed by atoms with Crippen molar-refractivity contribution in [1.82, 2.24) is 4.90 Å². The Morgan fingerprint density at radius 1 is 1.58 bits per heavy atom. The molecule has 0 aliphatic carbocycles. The summed E-state index contributed by atoms with van der Waals surface area (Å²) in [4.78, 5) is 14.2. The Labute approximate surface area is 121 Å². The van der Waals surface area contributed by atoms with Gasteiger partial charge in [0.15, 0.2) is 0 Å². The molecule has 1 fully saturated rings. The summed E-state index contributed by atoms with van der Waals surface area (Å²) in [6.07, 6.45) is 2.04. The topological polar surface area (TPSA) is 46.3 Å². The monoisotopic (exact) mass is 328 g/mol. The van der Waals surface area contributed by atoms with Crippen molar-refractivity contribution in [3.63, 3.8) is 0 Å². The van der Waals surface area contributed by atoms with E-state index in [1.165, 1.54) is 18.2 Å². The predicted molar refractivity (Wildman–Crippen MR) is 76.4 cm³/mol. The maximum Gasteiger partial charge on any atom is 0.253 e. The van der Waals surface area contributed by atoms with Crippen molar-refractivity contribution in [2.75, 3.05) is 13.1 Å². The van der Waals surface area contributed by atoms with Gasteiger partial charge in [-0.05, 0) is 59.8 Å². The number of amides is 1. The van der Waals surface area contributed by atoms with Crippen LogP contribution in [-0.4, -0.2) is 29.9 Å². The van der Waals surface area contributed by atoms with Crippen LogP contribution in [0.5, 0.6) is 0 Å². The predicted octanol–water partition coefficient (Wildman–Crippen LogP) is 2.79. The highest BCUT2D eigenvalue weighted by Crippen LogP contribution is 2.22. The van der Waals surface area contributed by atoms with Crippen LogP contribution in [0.1, 0.15) is 30.1 Å². The first-order chi connectivity index (χ1) is 8.99. The number of nitrogens with zero attached hydrogens (tertiary/aromatic N) is 1. The fraction of sp³-hybridized carbons (Fsp3) is 0.500. The van der Waals surface area contributed by atoms with Gasteiger partial charge in [-0.25, -0.2) is 4.39 Å². The van der Waals surface area contributed by atoms with Gasteiger partial charge in [-0.3, -0.25) is 4.79 Å². The van der Waals surface area contributed by atoms with Gasteiger partial charge in [-0.1, -0.05) is 0 Å². The molecule has 0 saturated carbocycles. The molecule has 0 radical (unpaired) electrons. The number of piperidine rings is 1. The molecule has 2 rings (SSSR count). The van der Waals surface area contributed by atoms with Crippen molar-refractivity contribution < 1.29 is 9.18 Å². The fourth-order valence-electron chi connectivity index (χ4n) is 2.44. The molecule has 0 bridgehead atoms. The Bertz CT molecular complexity index is 479. The standard InChI is InChI=1S/C14H18BrFN2O/c1-9(17)11-3-2-6-18(8-11)14(19)10-4-5-13(16)12(15)7-10/h4-5,7,9,11H,2-3,6,8,17H2,1H3/t9-,11+/m0/s1. The Balaban J connectivity index is 2.12. The van der Waals surface area contributed by atoms with Crippen LogP contribution >= 0.6 is 15.9 Å². The molecule has 0 aromatic heterocycles. The molecular weight excluding hydrogens is 311 g/mol. The van der Waals surface area contributed by atoms with Crippen molar-refractivity contribution in [2.45, 2.75) is 25.8 Å². The zero-order valence-electron chi connectivity index (χ0n) is 10.9. The third-order valence-corrected chi connectivity index (χ3v) is 4.26. The maximum absolute atomic E-state index is 13.2. The lowest BCUT2D eigenvalue weighted by molar-refractivity contribution is 0.0661. The Morgan fingerprint density at radius 3 is 2.95 bits per heavy atom. The van der Waals surface area contributed by atoms with Gasteiger partial charge in [0.1, 0.15) is 5.82 Å². The van der Waals surface area contributed by atoms with E-state index >= 15 is 0 Å². The van der Waals surface area contributed by atoms with E-state index in [0.717, 1.165) is 19.4 Å². The summed E-state index contributed by atoms with van der Waals surface area (Å²) >= 11 is 3.11. The SMILES string of the molecule is C[C@H](N)[C@@H]1CCCN(C(=O)c2ccc(F)c(Br)c2)C1. The summed E-state index contributed by atoms with van der Waals surface area (Å²) < 4.78 is 13.5. The Hall–Kier alpha value is -0.940. The number of carbonyl (C=O) groups excluding carboxylic acids is 1. The molecule has 1 aliphatic rings. The minimum absolute atomic E-state index is 0.0500. The van der Waals surface area contributed by atoms with Crippen LogP contribution in [0.4, 0.5) is 4.39 Å². The van der Waals surface area contributed by atoms with Crippen LogP contribution in [-0.2, 0) is 0 Å². The lowest BCUT2D eigenvalue weighted by Gasteiger charge is -2.34. The van der Waals surface area contributed by atoms with E-state index in [0.29, 0.717) is 22.5 Å². The molecule has 1 aromatic carbocycles. The van der Waals surface area contributed by atoms with E-state index in [-0.39, 0.29) is 17.8 Å². The first kappa shape index (κ1) is 14.5. The zero-order chi connectivity index (χ0) is 14.0. The average Bonchev–Trinajstić information content (AvgIpc) is 2.41. The van der Waals surface area contributed by atoms with Gasteiger partial charge in [0.05, 0.1) is 4.47 Å². The van der Waals surface area contributed by atoms with Crippen molar-refractivity contribution >= 4 is 21.8 Å². The summed E-state index contributed by atoms with van der Waals surface area (Å²) in [7, 11) is 0. The van der Waals surface area contributed by atoms with Crippen molar-refractivity contribution in [2.24, 2.45) is 11.7 Å². The number of likely N-dealkylation sites (tertiary alicyclic amines) is 1. The number of hydrogen-bond donors (Lipinski definition) is 1. The zero-order valence-corrected chi connectivity index (χ0v) is 12.5. The Kier molecular flexibility index (Phi) is 4.58. The van der Waals surface area contributed by atoms with Gasteiger partial charge < -0.3 is 10.6 Å². The average molecular weight is 329 g/mol. The lowest BCUT2D eigenvalue weighted by Crippen LogP contribution is -2.45. The molecular formula is C14H18BrFN2O. The third-order valence-electron chi connectivity index (χ3n) is 3.66. The molecule has 5 heteroatoms. The smallest absolute Gasteiger partial charge is 0.253 e. The van der Waals surface area contributed by atoms with E-state index in [1.807, 2.05) is 11.8 Å². The Morgan fingerprint density at radius 2 is 2.32 bits per heavy atom. The summed E-state index contributed by atoms with van der Waals surface area (Å²) in [5.41, 5.74) is 6.43. The van der Waals surface area contributed by atoms with E-state index < -0.39 is 0 Å². The number of benzene rings is 1. The van der Waals surface area contributed by atoms with Crippen LogP contribution < -0.4 is 5.73 Å². The first-order valence-corrected chi connectivity index (χ1v) is 7.28. The quantitative estimate of drug-likeness (QED) is 0.907. The molecule has 1 amide bonds. The number of carbonyl (C=O) groups is 1. The number of hydrogen-bond acceptors (Lipinski definition) is 2. The molecule has 1 saturated heterocycles. The van der Waals surface area contributed by atoms with Crippen molar-refractivity contribution in [1.29, 1.82) is 0 Å². The minimum Gasteiger partial charge on any atom is -0.338 e. The second-order valence-corrected chi connectivity index (χ2v) is 6.00. The normalized spacial score (nSPS) is 21.3. The lowest BCUT2D eigenvalue weighted by atomic mass is 9.92. The maximum atomic E-state index is 13.2. The van der Waals surface area contributed by atoms with Crippen LogP contribution in [0, 0.1) is 11.7 Å². The molecule has 1 aromatic rings. The fourth-order valence-corrected chi connectivity index (χ4v) is 2.81. The molecule has 0 spiro atoms. The highest BCUT2D eigenvalue weighted by atomic mass is 79.9. The number of nitrogens with two attached hydrogens (primary N) is 1. The molecule has 3 nitrogen and oxygen atoms in total. The number of halogens is 2. The van der Waals surface area contributed by atoms with Gasteiger partial charge >= 0.3 is 0 Å². The second kappa shape index (κ2) is 6.01. The molecule has 104 valence electrons. The van der Waals surface area contributed by atoms with Gasteiger partial charge in [0.25, 0.3) is 5.91 Å².